The Kier molecular flexibility index (Phi) is 5.60. The molecule has 0 aliphatic carbocycles. The van der Waals surface area contributed by atoms with Crippen LogP contribution in [-0.4, -0.2) is 55.4 Å². The van der Waals surface area contributed by atoms with Gasteiger partial charge in [0.25, 0.3) is 5.91 Å². The molecule has 5 aromatic rings. The van der Waals surface area contributed by atoms with Gasteiger partial charge in [-0.2, -0.15) is 5.10 Å². The van der Waals surface area contributed by atoms with E-state index in [4.69, 9.17) is 4.98 Å². The molecular weight excluding hydrogens is 471 g/mol. The molecule has 1 aliphatic rings. The lowest BCUT2D eigenvalue weighted by Crippen LogP contribution is -2.54. The number of piperazine rings is 1. The van der Waals surface area contributed by atoms with Gasteiger partial charge in [-0.15, -0.1) is 0 Å². The van der Waals surface area contributed by atoms with Gasteiger partial charge in [0.1, 0.15) is 5.52 Å². The van der Waals surface area contributed by atoms with E-state index in [1.54, 1.807) is 40.8 Å². The van der Waals surface area contributed by atoms with E-state index >= 15 is 0 Å². The molecular formula is C27H27FN8O. The molecule has 2 N–H and O–H groups in total. The summed E-state index contributed by atoms with van der Waals surface area (Å²) < 4.78 is 18.0. The molecule has 0 saturated carbocycles. The maximum atomic E-state index is 14.6. The van der Waals surface area contributed by atoms with Gasteiger partial charge in [0.15, 0.2) is 5.82 Å². The highest BCUT2D eigenvalue weighted by Crippen LogP contribution is 2.31. The number of benzene rings is 2. The Balaban J connectivity index is 1.43. The lowest BCUT2D eigenvalue weighted by molar-refractivity contribution is 0.102. The summed E-state index contributed by atoms with van der Waals surface area (Å²) in [6.07, 6.45) is 7.21. The van der Waals surface area contributed by atoms with Crippen molar-refractivity contribution in [2.24, 2.45) is 7.05 Å². The number of nitrogens with zero attached hydrogens (tertiary/aromatic N) is 6. The smallest absolute Gasteiger partial charge is 0.257 e. The van der Waals surface area contributed by atoms with Crippen LogP contribution in [0.4, 0.5) is 15.8 Å². The minimum Gasteiger partial charge on any atom is -0.368 e. The van der Waals surface area contributed by atoms with Crippen LogP contribution in [0.3, 0.4) is 0 Å². The third-order valence-corrected chi connectivity index (χ3v) is 6.63. The first-order valence-electron chi connectivity index (χ1n) is 12.2. The number of hydrogen-bond acceptors (Lipinski definition) is 6. The second-order valence-corrected chi connectivity index (χ2v) is 9.68. The molecule has 0 spiro atoms. The van der Waals surface area contributed by atoms with Crippen molar-refractivity contribution in [3.05, 3.63) is 72.6 Å². The molecule has 0 unspecified atom stereocenters. The predicted molar refractivity (Wildman–Crippen MR) is 142 cm³/mol. The number of nitrogens with one attached hydrogen (secondary N) is 2. The van der Waals surface area contributed by atoms with Crippen LogP contribution >= 0.6 is 0 Å². The van der Waals surface area contributed by atoms with Crippen molar-refractivity contribution < 1.29 is 9.18 Å². The van der Waals surface area contributed by atoms with E-state index in [0.717, 1.165) is 24.2 Å². The quantitative estimate of drug-likeness (QED) is 0.391. The van der Waals surface area contributed by atoms with Gasteiger partial charge in [-0.25, -0.2) is 14.4 Å². The van der Waals surface area contributed by atoms with Gasteiger partial charge in [-0.1, -0.05) is 0 Å². The van der Waals surface area contributed by atoms with Crippen LogP contribution in [0.5, 0.6) is 0 Å². The Bertz CT molecular complexity index is 1620. The largest absolute Gasteiger partial charge is 0.368 e. The van der Waals surface area contributed by atoms with Crippen LogP contribution in [0, 0.1) is 5.82 Å². The zero-order valence-electron chi connectivity index (χ0n) is 20.8. The first-order chi connectivity index (χ1) is 17.9. The number of hydrogen-bond donors (Lipinski definition) is 2. The van der Waals surface area contributed by atoms with Crippen molar-refractivity contribution in [1.29, 1.82) is 0 Å². The molecule has 2 aromatic carbocycles. The van der Waals surface area contributed by atoms with Crippen LogP contribution in [0.2, 0.25) is 0 Å². The highest BCUT2D eigenvalue weighted by atomic mass is 19.1. The molecule has 1 saturated heterocycles. The zero-order chi connectivity index (χ0) is 25.7. The number of halogens is 1. The monoisotopic (exact) mass is 498 g/mol. The molecule has 3 aromatic heterocycles. The number of aryl methyl sites for hydroxylation is 1. The van der Waals surface area contributed by atoms with Crippen molar-refractivity contribution in [3.8, 4) is 5.95 Å². The Labute approximate surface area is 212 Å². The maximum Gasteiger partial charge on any atom is 0.257 e. The Morgan fingerprint density at radius 1 is 1.11 bits per heavy atom. The molecule has 9 nitrogen and oxygen atoms in total. The van der Waals surface area contributed by atoms with Crippen LogP contribution in [0.25, 0.3) is 27.8 Å². The van der Waals surface area contributed by atoms with Crippen molar-refractivity contribution in [3.63, 3.8) is 0 Å². The van der Waals surface area contributed by atoms with Crippen molar-refractivity contribution in [2.45, 2.75) is 25.9 Å². The summed E-state index contributed by atoms with van der Waals surface area (Å²) >= 11 is 0. The summed E-state index contributed by atoms with van der Waals surface area (Å²) in [4.78, 5) is 25.2. The van der Waals surface area contributed by atoms with E-state index in [0.29, 0.717) is 40.2 Å². The zero-order valence-corrected chi connectivity index (χ0v) is 20.8. The first kappa shape index (κ1) is 23.1. The third kappa shape index (κ3) is 4.29. The molecule has 6 rings (SSSR count). The normalized spacial score (nSPS) is 18.0. The lowest BCUT2D eigenvalue weighted by atomic mass is 10.0. The van der Waals surface area contributed by atoms with Gasteiger partial charge in [0, 0.05) is 79.2 Å². The third-order valence-electron chi connectivity index (χ3n) is 6.63. The van der Waals surface area contributed by atoms with E-state index in [1.165, 1.54) is 6.07 Å². The summed E-state index contributed by atoms with van der Waals surface area (Å²) in [5.74, 6) is -0.403. The second kappa shape index (κ2) is 8.97. The highest BCUT2D eigenvalue weighted by Gasteiger charge is 2.25. The van der Waals surface area contributed by atoms with Crippen LogP contribution in [0.1, 0.15) is 24.2 Å². The maximum absolute atomic E-state index is 14.6. The van der Waals surface area contributed by atoms with Crippen molar-refractivity contribution in [2.75, 3.05) is 23.3 Å². The van der Waals surface area contributed by atoms with Gasteiger partial charge >= 0.3 is 0 Å². The van der Waals surface area contributed by atoms with Gasteiger partial charge in [0.05, 0.1) is 11.1 Å². The van der Waals surface area contributed by atoms with Crippen LogP contribution in [-0.2, 0) is 7.05 Å². The number of fused-ring (bicyclic) bond motifs is 2. The molecule has 4 heterocycles. The fourth-order valence-corrected chi connectivity index (χ4v) is 5.15. The van der Waals surface area contributed by atoms with E-state index in [1.807, 2.05) is 30.6 Å². The van der Waals surface area contributed by atoms with Crippen LogP contribution < -0.4 is 15.5 Å². The summed E-state index contributed by atoms with van der Waals surface area (Å²) in [5, 5.41) is 11.9. The summed E-state index contributed by atoms with van der Waals surface area (Å²) in [7, 11) is 1.73. The standard InChI is InChI=1S/C27H27FN8O/c1-16-13-36(14-17(2)30-16)23-7-6-20(25-21(23)12-29-27(32-25)35-8-4-5-9-35)26(37)31-19-10-18-15-34(3)33-24(18)22(28)11-19/h4-12,15-17,30H,13-14H2,1-3H3,(H,31,37)/t16-,17-/m0/s1. The predicted octanol–water partition coefficient (Wildman–Crippen LogP) is 3.89. The number of carbonyl (C=O) groups excluding carboxylic acids is 1. The highest BCUT2D eigenvalue weighted by molar-refractivity contribution is 6.14. The number of anilines is 2. The van der Waals surface area contributed by atoms with E-state index in [-0.39, 0.29) is 11.4 Å². The SMILES string of the molecule is C[C@H]1CN(c2ccc(C(=O)Nc3cc(F)c4nn(C)cc4c3)c3nc(-n4cccc4)ncc23)C[C@H](C)N1. The van der Waals surface area contributed by atoms with E-state index in [9.17, 15) is 9.18 Å². The van der Waals surface area contributed by atoms with E-state index in [2.05, 4.69) is 39.5 Å². The summed E-state index contributed by atoms with van der Waals surface area (Å²) in [6, 6.07) is 11.2. The van der Waals surface area contributed by atoms with Crippen molar-refractivity contribution >= 4 is 39.1 Å². The number of aromatic nitrogens is 5. The van der Waals surface area contributed by atoms with Crippen molar-refractivity contribution in [1.82, 2.24) is 29.6 Å². The minimum atomic E-state index is -0.493. The molecule has 188 valence electrons. The second-order valence-electron chi connectivity index (χ2n) is 9.68. The van der Waals surface area contributed by atoms with Gasteiger partial charge in [0.2, 0.25) is 5.95 Å². The van der Waals surface area contributed by atoms with Gasteiger partial charge < -0.3 is 15.5 Å². The number of amides is 1. The topological polar surface area (TPSA) is 92.9 Å². The molecule has 2 atom stereocenters. The average Bonchev–Trinajstić information content (AvgIpc) is 3.52. The first-order valence-corrected chi connectivity index (χ1v) is 12.2. The van der Waals surface area contributed by atoms with Gasteiger partial charge in [-0.05, 0) is 50.2 Å². The van der Waals surface area contributed by atoms with Crippen LogP contribution in [0.15, 0.2) is 61.2 Å². The lowest BCUT2D eigenvalue weighted by Gasteiger charge is -2.38. The number of rotatable bonds is 4. The van der Waals surface area contributed by atoms with E-state index < -0.39 is 5.82 Å². The molecule has 1 fully saturated rings. The minimum absolute atomic E-state index is 0.263. The number of carbonyl (C=O) groups is 1. The molecule has 0 bridgehead atoms. The Hall–Kier alpha value is -4.31. The fourth-order valence-electron chi connectivity index (χ4n) is 5.15. The Morgan fingerprint density at radius 2 is 1.86 bits per heavy atom. The Morgan fingerprint density at radius 3 is 2.62 bits per heavy atom. The molecule has 1 amide bonds. The summed E-state index contributed by atoms with van der Waals surface area (Å²) in [6.45, 7) is 5.97. The van der Waals surface area contributed by atoms with Gasteiger partial charge in [-0.3, -0.25) is 14.0 Å². The molecule has 37 heavy (non-hydrogen) atoms. The average molecular weight is 499 g/mol. The molecule has 1 aliphatic heterocycles. The molecule has 0 radical (unpaired) electrons. The molecule has 10 heteroatoms. The summed E-state index contributed by atoms with van der Waals surface area (Å²) in [5.41, 5.74) is 2.52. The fraction of sp³-hybridized carbons (Fsp3) is 0.259.